The summed E-state index contributed by atoms with van der Waals surface area (Å²) in [6.45, 7) is 1.72. The number of anilines is 1. The lowest BCUT2D eigenvalue weighted by atomic mass is 10.1. The van der Waals surface area contributed by atoms with E-state index in [1.165, 1.54) is 18.2 Å². The van der Waals surface area contributed by atoms with E-state index in [1.54, 1.807) is 31.2 Å². The largest absolute Gasteiger partial charge is 0.872 e. The number of carboxylic acids is 1. The summed E-state index contributed by atoms with van der Waals surface area (Å²) >= 11 is 3.31. The summed E-state index contributed by atoms with van der Waals surface area (Å²) in [7, 11) is 0. The van der Waals surface area contributed by atoms with E-state index in [4.69, 9.17) is 5.11 Å². The average molecular weight is 348 g/mol. The van der Waals surface area contributed by atoms with Crippen LogP contribution >= 0.6 is 15.9 Å². The lowest BCUT2D eigenvalue weighted by Gasteiger charge is -2.13. The SMILES string of the molecule is C/C(=N\Nc1ccc(C(=O)O)cc1)c1cc(Br)ccc1[O-]. The Labute approximate surface area is 130 Å². The number of carbonyl (C=O) groups is 1. The van der Waals surface area contributed by atoms with Gasteiger partial charge in [-0.3, -0.25) is 5.43 Å². The van der Waals surface area contributed by atoms with Crippen LogP contribution < -0.4 is 10.5 Å². The highest BCUT2D eigenvalue weighted by Gasteiger charge is 2.02. The minimum Gasteiger partial charge on any atom is -0.872 e. The molecule has 5 nitrogen and oxygen atoms in total. The fourth-order valence-corrected chi connectivity index (χ4v) is 2.04. The highest BCUT2D eigenvalue weighted by molar-refractivity contribution is 9.10. The summed E-state index contributed by atoms with van der Waals surface area (Å²) in [6.07, 6.45) is 0. The van der Waals surface area contributed by atoms with Crippen molar-refractivity contribution in [3.8, 4) is 5.75 Å². The predicted octanol–water partition coefficient (Wildman–Crippen LogP) is 3.06. The molecule has 2 aromatic rings. The van der Waals surface area contributed by atoms with Crippen LogP contribution in [0.1, 0.15) is 22.8 Å². The van der Waals surface area contributed by atoms with Crippen LogP contribution in [-0.4, -0.2) is 16.8 Å². The zero-order valence-corrected chi connectivity index (χ0v) is 12.7. The third-order valence-corrected chi connectivity index (χ3v) is 3.31. The van der Waals surface area contributed by atoms with E-state index >= 15 is 0 Å². The molecular formula is C15H12BrN2O3-. The smallest absolute Gasteiger partial charge is 0.335 e. The Bertz CT molecular complexity index is 697. The van der Waals surface area contributed by atoms with Crippen LogP contribution in [0.15, 0.2) is 52.0 Å². The molecule has 0 amide bonds. The monoisotopic (exact) mass is 347 g/mol. The van der Waals surface area contributed by atoms with Crippen molar-refractivity contribution in [2.45, 2.75) is 6.92 Å². The van der Waals surface area contributed by atoms with Gasteiger partial charge in [-0.2, -0.15) is 5.10 Å². The van der Waals surface area contributed by atoms with Gasteiger partial charge in [-0.15, -0.1) is 0 Å². The molecule has 0 heterocycles. The zero-order chi connectivity index (χ0) is 15.4. The van der Waals surface area contributed by atoms with Crippen molar-refractivity contribution in [1.29, 1.82) is 0 Å². The van der Waals surface area contributed by atoms with Crippen molar-refractivity contribution in [2.75, 3.05) is 5.43 Å². The molecule has 2 aromatic carbocycles. The van der Waals surface area contributed by atoms with Gasteiger partial charge in [0.1, 0.15) is 0 Å². The molecule has 0 radical (unpaired) electrons. The molecule has 0 saturated carbocycles. The number of nitrogens with zero attached hydrogens (tertiary/aromatic N) is 1. The molecule has 0 aliphatic carbocycles. The number of carboxylic acid groups (broad SMARTS) is 1. The second-order valence-electron chi connectivity index (χ2n) is 4.33. The van der Waals surface area contributed by atoms with Gasteiger partial charge in [0, 0.05) is 4.47 Å². The highest BCUT2D eigenvalue weighted by atomic mass is 79.9. The van der Waals surface area contributed by atoms with Crippen molar-refractivity contribution in [1.82, 2.24) is 0 Å². The van der Waals surface area contributed by atoms with E-state index in [0.29, 0.717) is 17.0 Å². The van der Waals surface area contributed by atoms with Crippen LogP contribution in [0.2, 0.25) is 0 Å². The van der Waals surface area contributed by atoms with Crippen LogP contribution in [0.3, 0.4) is 0 Å². The van der Waals surface area contributed by atoms with E-state index < -0.39 is 5.97 Å². The maximum absolute atomic E-state index is 11.7. The Morgan fingerprint density at radius 3 is 2.52 bits per heavy atom. The number of hydrazone groups is 1. The summed E-state index contributed by atoms with van der Waals surface area (Å²) in [5.74, 6) is -1.09. The molecule has 0 aliphatic rings. The quantitative estimate of drug-likeness (QED) is 0.657. The summed E-state index contributed by atoms with van der Waals surface area (Å²) in [6, 6.07) is 11.0. The van der Waals surface area contributed by atoms with Crippen molar-refractivity contribution < 1.29 is 15.0 Å². The first-order chi connectivity index (χ1) is 9.97. The molecule has 0 fully saturated rings. The van der Waals surface area contributed by atoms with Gasteiger partial charge in [-0.05, 0) is 48.9 Å². The standard InChI is InChI=1S/C15H13BrN2O3/c1-9(13-8-11(16)4-7-14(13)19)17-18-12-5-2-10(3-6-12)15(20)21/h2-8,18-19H,1H3,(H,20,21)/p-1/b17-9+. The number of nitrogens with one attached hydrogen (secondary N) is 1. The van der Waals surface area contributed by atoms with Crippen LogP contribution in [0.5, 0.6) is 5.75 Å². The molecule has 0 bridgehead atoms. The van der Waals surface area contributed by atoms with Gasteiger partial charge in [0.2, 0.25) is 0 Å². The number of halogens is 1. The summed E-state index contributed by atoms with van der Waals surface area (Å²) < 4.78 is 0.803. The van der Waals surface area contributed by atoms with Crippen molar-refractivity contribution >= 4 is 33.3 Å². The van der Waals surface area contributed by atoms with Crippen LogP contribution in [0.4, 0.5) is 5.69 Å². The van der Waals surface area contributed by atoms with Gasteiger partial charge >= 0.3 is 5.97 Å². The lowest BCUT2D eigenvalue weighted by Crippen LogP contribution is -2.05. The van der Waals surface area contributed by atoms with E-state index in [-0.39, 0.29) is 11.3 Å². The first-order valence-corrected chi connectivity index (χ1v) is 6.87. The molecular weight excluding hydrogens is 336 g/mol. The Kier molecular flexibility index (Phi) is 4.59. The normalized spacial score (nSPS) is 11.2. The molecule has 0 unspecified atom stereocenters. The second-order valence-corrected chi connectivity index (χ2v) is 5.25. The Morgan fingerprint density at radius 1 is 1.24 bits per heavy atom. The van der Waals surface area contributed by atoms with Gasteiger partial charge in [0.15, 0.2) is 0 Å². The number of hydrogen-bond acceptors (Lipinski definition) is 4. The molecule has 0 aromatic heterocycles. The summed E-state index contributed by atoms with van der Waals surface area (Å²) in [4.78, 5) is 10.7. The molecule has 0 spiro atoms. The van der Waals surface area contributed by atoms with Crippen LogP contribution in [0, 0.1) is 0 Å². The van der Waals surface area contributed by atoms with Gasteiger partial charge in [0.05, 0.1) is 17.0 Å². The van der Waals surface area contributed by atoms with Gasteiger partial charge in [-0.25, -0.2) is 4.79 Å². The van der Waals surface area contributed by atoms with Gasteiger partial charge in [-0.1, -0.05) is 27.7 Å². The van der Waals surface area contributed by atoms with E-state index in [9.17, 15) is 9.90 Å². The predicted molar refractivity (Wildman–Crippen MR) is 82.8 cm³/mol. The van der Waals surface area contributed by atoms with Crippen molar-refractivity contribution in [2.24, 2.45) is 5.10 Å². The Morgan fingerprint density at radius 2 is 1.90 bits per heavy atom. The Balaban J connectivity index is 2.16. The first-order valence-electron chi connectivity index (χ1n) is 6.08. The number of rotatable bonds is 4. The number of aromatic carboxylic acids is 1. The lowest BCUT2D eigenvalue weighted by molar-refractivity contribution is -0.268. The summed E-state index contributed by atoms with van der Waals surface area (Å²) in [5, 5.41) is 24.7. The second kappa shape index (κ2) is 6.41. The number of benzene rings is 2. The molecule has 6 heteroatoms. The maximum Gasteiger partial charge on any atom is 0.335 e. The molecule has 0 saturated heterocycles. The third-order valence-electron chi connectivity index (χ3n) is 2.82. The first kappa shape index (κ1) is 15.1. The minimum absolute atomic E-state index is 0.109. The third kappa shape index (κ3) is 3.82. The zero-order valence-electron chi connectivity index (χ0n) is 11.1. The van der Waals surface area contributed by atoms with Crippen LogP contribution in [0.25, 0.3) is 0 Å². The molecule has 21 heavy (non-hydrogen) atoms. The van der Waals surface area contributed by atoms with Crippen molar-refractivity contribution in [3.05, 3.63) is 58.1 Å². The summed E-state index contributed by atoms with van der Waals surface area (Å²) in [5.41, 5.74) is 4.69. The van der Waals surface area contributed by atoms with Crippen LogP contribution in [-0.2, 0) is 0 Å². The molecule has 2 rings (SSSR count). The van der Waals surface area contributed by atoms with Gasteiger partial charge < -0.3 is 10.2 Å². The fraction of sp³-hybridized carbons (Fsp3) is 0.0667. The average Bonchev–Trinajstić information content (AvgIpc) is 2.47. The molecule has 0 atom stereocenters. The van der Waals surface area contributed by atoms with E-state index in [0.717, 1.165) is 4.47 Å². The highest BCUT2D eigenvalue weighted by Crippen LogP contribution is 2.20. The Hall–Kier alpha value is -2.34. The van der Waals surface area contributed by atoms with Gasteiger partial charge in [0.25, 0.3) is 0 Å². The van der Waals surface area contributed by atoms with E-state index in [2.05, 4.69) is 26.5 Å². The van der Waals surface area contributed by atoms with Crippen molar-refractivity contribution in [3.63, 3.8) is 0 Å². The molecule has 2 N–H and O–H groups in total. The maximum atomic E-state index is 11.7. The fourth-order valence-electron chi connectivity index (χ4n) is 1.68. The molecule has 0 aliphatic heterocycles. The molecule has 108 valence electrons. The number of hydrogen-bond donors (Lipinski definition) is 2. The van der Waals surface area contributed by atoms with E-state index in [1.807, 2.05) is 0 Å². The topological polar surface area (TPSA) is 84.8 Å². The minimum atomic E-state index is -0.980.